The van der Waals surface area contributed by atoms with E-state index in [0.717, 1.165) is 0 Å². The maximum absolute atomic E-state index is 10.6. The van der Waals surface area contributed by atoms with E-state index in [1.807, 2.05) is 0 Å². The van der Waals surface area contributed by atoms with Gasteiger partial charge in [-0.05, 0) is 0 Å². The van der Waals surface area contributed by atoms with Crippen LogP contribution in [0.2, 0.25) is 0 Å². The quantitative estimate of drug-likeness (QED) is 0.492. The van der Waals surface area contributed by atoms with Crippen molar-refractivity contribution in [2.75, 3.05) is 13.2 Å². The molecule has 0 aromatic heterocycles. The van der Waals surface area contributed by atoms with Crippen LogP contribution in [0.4, 0.5) is 0 Å². The highest BCUT2D eigenvalue weighted by atomic mass is 32.3. The zero-order chi connectivity index (χ0) is 14.0. The molecule has 1 heterocycles. The molecule has 1 rings (SSSR count). The molecule has 1 fully saturated rings. The molecule has 1 aliphatic rings. The van der Waals surface area contributed by atoms with Crippen LogP contribution >= 0.6 is 0 Å². The molecule has 0 radical (unpaired) electrons. The van der Waals surface area contributed by atoms with Crippen molar-refractivity contribution in [3.63, 3.8) is 0 Å². The molecule has 10 nitrogen and oxygen atoms in total. The van der Waals surface area contributed by atoms with Gasteiger partial charge in [0.1, 0.15) is 12.2 Å². The lowest BCUT2D eigenvalue weighted by Crippen LogP contribution is -2.47. The van der Waals surface area contributed by atoms with Crippen molar-refractivity contribution in [1.29, 1.82) is 0 Å². The Kier molecular flexibility index (Phi) is 5.02. The highest BCUT2D eigenvalue weighted by Gasteiger charge is 2.38. The fourth-order valence-electron chi connectivity index (χ4n) is 1.45. The van der Waals surface area contributed by atoms with E-state index in [0.29, 0.717) is 0 Å². The van der Waals surface area contributed by atoms with Gasteiger partial charge in [0.2, 0.25) is 0 Å². The van der Waals surface area contributed by atoms with Crippen LogP contribution in [0.15, 0.2) is 0 Å². The van der Waals surface area contributed by atoms with E-state index in [1.54, 1.807) is 0 Å². The van der Waals surface area contributed by atoms with Gasteiger partial charge in [-0.25, -0.2) is 8.37 Å². The minimum atomic E-state index is -4.84. The average Bonchev–Trinajstić information content (AvgIpc) is 2.16. The summed E-state index contributed by atoms with van der Waals surface area (Å²) in [6, 6.07) is 0. The van der Waals surface area contributed by atoms with E-state index in [1.165, 1.54) is 0 Å². The van der Waals surface area contributed by atoms with Crippen molar-refractivity contribution in [2.45, 2.75) is 24.7 Å². The molecule has 108 valence electrons. The van der Waals surface area contributed by atoms with Crippen LogP contribution in [-0.2, 0) is 33.9 Å². The molecule has 1 saturated heterocycles. The van der Waals surface area contributed by atoms with Crippen LogP contribution in [0.3, 0.4) is 0 Å². The molecule has 0 aliphatic carbocycles. The molecule has 3 unspecified atom stereocenters. The first-order chi connectivity index (χ1) is 8.11. The molecule has 3 N–H and O–H groups in total. The molecule has 3 atom stereocenters. The Morgan fingerprint density at radius 2 is 1.56 bits per heavy atom. The topological polar surface area (TPSA) is 157 Å². The van der Waals surface area contributed by atoms with Crippen molar-refractivity contribution < 1.29 is 44.2 Å². The lowest BCUT2D eigenvalue weighted by Gasteiger charge is -2.32. The van der Waals surface area contributed by atoms with Crippen LogP contribution in [0, 0.1) is 0 Å². The molecule has 0 saturated carbocycles. The maximum Gasteiger partial charge on any atom is 0.397 e. The zero-order valence-electron chi connectivity index (χ0n) is 8.87. The van der Waals surface area contributed by atoms with Crippen molar-refractivity contribution in [3.05, 3.63) is 0 Å². The summed E-state index contributed by atoms with van der Waals surface area (Å²) < 4.78 is 72.5. The first-order valence-electron chi connectivity index (χ1n) is 4.64. The highest BCUT2D eigenvalue weighted by molar-refractivity contribution is 7.81. The lowest BCUT2D eigenvalue weighted by atomic mass is 10.0. The summed E-state index contributed by atoms with van der Waals surface area (Å²) in [6.45, 7) is -0.894. The van der Waals surface area contributed by atoms with Crippen molar-refractivity contribution in [1.82, 2.24) is 0 Å². The molecule has 0 aromatic carbocycles. The Morgan fingerprint density at radius 1 is 1.06 bits per heavy atom. The number of ether oxygens (including phenoxy) is 1. The Bertz CT molecular complexity index is 467. The zero-order valence-corrected chi connectivity index (χ0v) is 10.5. The smallest absolute Gasteiger partial charge is 0.394 e. The third-order valence-corrected chi connectivity index (χ3v) is 3.08. The second-order valence-corrected chi connectivity index (χ2v) is 5.59. The fraction of sp³-hybridized carbons (Fsp3) is 1.00. The fourth-order valence-corrected chi connectivity index (χ4v) is 2.45. The van der Waals surface area contributed by atoms with Gasteiger partial charge in [0.25, 0.3) is 0 Å². The Hall–Kier alpha value is -0.340. The number of aliphatic hydroxyl groups is 1. The lowest BCUT2D eigenvalue weighted by molar-refractivity contribution is -0.116. The predicted molar refractivity (Wildman–Crippen MR) is 54.3 cm³/mol. The van der Waals surface area contributed by atoms with E-state index >= 15 is 0 Å². The first kappa shape index (κ1) is 15.7. The summed E-state index contributed by atoms with van der Waals surface area (Å²) in [4.78, 5) is 0. The Morgan fingerprint density at radius 3 is 2.00 bits per heavy atom. The molecule has 18 heavy (non-hydrogen) atoms. The summed E-state index contributed by atoms with van der Waals surface area (Å²) in [5, 5.41) is 8.83. The first-order valence-corrected chi connectivity index (χ1v) is 7.37. The van der Waals surface area contributed by atoms with Crippen LogP contribution in [0.5, 0.6) is 0 Å². The van der Waals surface area contributed by atoms with E-state index in [-0.39, 0.29) is 6.42 Å². The molecule has 0 aromatic rings. The molecular weight excluding hydrogens is 296 g/mol. The van der Waals surface area contributed by atoms with Crippen LogP contribution in [0.25, 0.3) is 0 Å². The SMILES string of the molecule is O=S(=O)(O)OC1COC(CO)CC1OS(=O)(=O)O. The molecule has 12 heteroatoms. The van der Waals surface area contributed by atoms with Gasteiger partial charge in [0.05, 0.1) is 19.3 Å². The van der Waals surface area contributed by atoms with E-state index in [4.69, 9.17) is 18.9 Å². The summed E-state index contributed by atoms with van der Waals surface area (Å²) >= 11 is 0. The third-order valence-electron chi connectivity index (χ3n) is 2.10. The van der Waals surface area contributed by atoms with Crippen LogP contribution in [-0.4, -0.2) is 62.6 Å². The van der Waals surface area contributed by atoms with Gasteiger partial charge in [0, 0.05) is 6.42 Å². The normalized spacial score (nSPS) is 30.3. The molecule has 0 amide bonds. The monoisotopic (exact) mass is 308 g/mol. The number of aliphatic hydroxyl groups excluding tert-OH is 1. The van der Waals surface area contributed by atoms with Gasteiger partial charge in [0.15, 0.2) is 0 Å². The Labute approximate surface area is 103 Å². The van der Waals surface area contributed by atoms with Gasteiger partial charge >= 0.3 is 20.8 Å². The standard InChI is InChI=1S/C6H12O10S2/c7-2-4-1-5(15-17(8,9)10)6(3-14-4)16-18(11,12)13/h4-7H,1-3H2,(H,8,9,10)(H,11,12,13). The van der Waals surface area contributed by atoms with E-state index in [9.17, 15) is 16.8 Å². The van der Waals surface area contributed by atoms with Crippen LogP contribution in [0.1, 0.15) is 6.42 Å². The summed E-state index contributed by atoms with van der Waals surface area (Å²) in [7, 11) is -9.67. The van der Waals surface area contributed by atoms with Crippen molar-refractivity contribution in [2.24, 2.45) is 0 Å². The highest BCUT2D eigenvalue weighted by Crippen LogP contribution is 2.22. The van der Waals surface area contributed by atoms with Crippen molar-refractivity contribution in [3.8, 4) is 0 Å². The summed E-state index contributed by atoms with van der Waals surface area (Å²) in [6.07, 6.45) is -3.90. The van der Waals surface area contributed by atoms with Gasteiger partial charge in [-0.2, -0.15) is 16.8 Å². The molecule has 0 spiro atoms. The molecule has 1 aliphatic heterocycles. The average molecular weight is 308 g/mol. The predicted octanol–water partition coefficient (Wildman–Crippen LogP) is -1.86. The summed E-state index contributed by atoms with van der Waals surface area (Å²) in [5.74, 6) is 0. The largest absolute Gasteiger partial charge is 0.397 e. The number of hydrogen-bond acceptors (Lipinski definition) is 8. The van der Waals surface area contributed by atoms with Gasteiger partial charge in [-0.15, -0.1) is 0 Å². The van der Waals surface area contributed by atoms with E-state index in [2.05, 4.69) is 8.37 Å². The Balaban J connectivity index is 2.80. The minimum absolute atomic E-state index is 0.240. The number of rotatable bonds is 5. The second kappa shape index (κ2) is 5.75. The van der Waals surface area contributed by atoms with Crippen LogP contribution < -0.4 is 0 Å². The molecule has 0 bridgehead atoms. The van der Waals surface area contributed by atoms with E-state index < -0.39 is 52.3 Å². The van der Waals surface area contributed by atoms with Crippen molar-refractivity contribution >= 4 is 20.8 Å². The minimum Gasteiger partial charge on any atom is -0.394 e. The second-order valence-electron chi connectivity index (χ2n) is 3.50. The molecular formula is C6H12O10S2. The number of hydrogen-bond donors (Lipinski definition) is 3. The maximum atomic E-state index is 10.6. The third kappa shape index (κ3) is 5.53. The van der Waals surface area contributed by atoms with Gasteiger partial charge < -0.3 is 9.84 Å². The van der Waals surface area contributed by atoms with Gasteiger partial charge in [-0.1, -0.05) is 0 Å². The summed E-state index contributed by atoms with van der Waals surface area (Å²) in [5.41, 5.74) is 0. The van der Waals surface area contributed by atoms with Gasteiger partial charge in [-0.3, -0.25) is 9.11 Å².